The molecule has 0 aromatic heterocycles. The number of likely N-dealkylation sites (N-methyl/N-ethyl adjacent to an activating group) is 1. The van der Waals surface area contributed by atoms with Crippen molar-refractivity contribution in [2.75, 3.05) is 20.7 Å². The summed E-state index contributed by atoms with van der Waals surface area (Å²) in [5, 5.41) is 2.39. The molecule has 0 spiro atoms. The van der Waals surface area contributed by atoms with Gasteiger partial charge < -0.3 is 24.4 Å². The summed E-state index contributed by atoms with van der Waals surface area (Å²) in [6.45, 7) is 10.2. The number of amides is 2. The quantitative estimate of drug-likeness (QED) is 0.624. The number of rotatable bonds is 4. The number of nitrogens with zero attached hydrogens (tertiary/aromatic N) is 1. The molecule has 0 unspecified atom stereocenters. The Hall–Kier alpha value is -1.99. The van der Waals surface area contributed by atoms with Gasteiger partial charge in [0.25, 0.3) is 0 Å². The smallest absolute Gasteiger partial charge is 0.410 e. The third-order valence-corrected chi connectivity index (χ3v) is 2.34. The summed E-state index contributed by atoms with van der Waals surface area (Å²) in [6.07, 6.45) is -1.39. The van der Waals surface area contributed by atoms with Gasteiger partial charge in [0.2, 0.25) is 0 Å². The standard InChI is InChI=1S/C15H28N2O6/c1-14(2,3)22-12(19)16-10(11(18)21-8)9-17(7)13(20)23-15(4,5)6/h10H,9H2,1-8H3,(H,16,19)/t10-/m1/s1. The number of methoxy groups -OCH3 is 1. The van der Waals surface area contributed by atoms with Gasteiger partial charge in [-0.05, 0) is 41.5 Å². The highest BCUT2D eigenvalue weighted by Gasteiger charge is 2.29. The van der Waals surface area contributed by atoms with Crippen LogP contribution in [0.5, 0.6) is 0 Å². The molecule has 0 aliphatic carbocycles. The number of hydrogen-bond donors (Lipinski definition) is 1. The lowest BCUT2D eigenvalue weighted by molar-refractivity contribution is -0.143. The largest absolute Gasteiger partial charge is 0.467 e. The lowest BCUT2D eigenvalue weighted by Gasteiger charge is -2.27. The molecule has 0 saturated heterocycles. The van der Waals surface area contributed by atoms with Crippen molar-refractivity contribution in [3.63, 3.8) is 0 Å². The summed E-state index contributed by atoms with van der Waals surface area (Å²) in [6, 6.07) is -1.06. The van der Waals surface area contributed by atoms with E-state index in [4.69, 9.17) is 9.47 Å². The Morgan fingerprint density at radius 2 is 1.48 bits per heavy atom. The molecular formula is C15H28N2O6. The van der Waals surface area contributed by atoms with E-state index in [1.54, 1.807) is 41.5 Å². The number of ether oxygens (including phenoxy) is 3. The molecule has 23 heavy (non-hydrogen) atoms. The number of carbonyl (C=O) groups excluding carboxylic acids is 3. The van der Waals surface area contributed by atoms with Crippen LogP contribution in [0.1, 0.15) is 41.5 Å². The van der Waals surface area contributed by atoms with Gasteiger partial charge in [0, 0.05) is 7.05 Å². The van der Waals surface area contributed by atoms with Crippen LogP contribution in [-0.4, -0.2) is 61.0 Å². The summed E-state index contributed by atoms with van der Waals surface area (Å²) in [7, 11) is 2.65. The van der Waals surface area contributed by atoms with Crippen molar-refractivity contribution in [2.45, 2.75) is 58.8 Å². The van der Waals surface area contributed by atoms with Crippen LogP contribution in [0.15, 0.2) is 0 Å². The molecule has 8 heteroatoms. The van der Waals surface area contributed by atoms with E-state index in [2.05, 4.69) is 10.1 Å². The molecule has 0 heterocycles. The van der Waals surface area contributed by atoms with Gasteiger partial charge in [-0.3, -0.25) is 0 Å². The number of hydrogen-bond acceptors (Lipinski definition) is 6. The highest BCUT2D eigenvalue weighted by atomic mass is 16.6. The molecule has 0 aliphatic rings. The highest BCUT2D eigenvalue weighted by Crippen LogP contribution is 2.10. The highest BCUT2D eigenvalue weighted by molar-refractivity contribution is 5.82. The zero-order valence-electron chi connectivity index (χ0n) is 15.2. The molecular weight excluding hydrogens is 304 g/mol. The van der Waals surface area contributed by atoms with E-state index in [1.807, 2.05) is 0 Å². The van der Waals surface area contributed by atoms with Crippen LogP contribution in [-0.2, 0) is 19.0 Å². The summed E-state index contributed by atoms with van der Waals surface area (Å²) in [4.78, 5) is 36.7. The van der Waals surface area contributed by atoms with E-state index in [-0.39, 0.29) is 6.54 Å². The molecule has 1 N–H and O–H groups in total. The first-order valence-electron chi connectivity index (χ1n) is 7.26. The van der Waals surface area contributed by atoms with Gasteiger partial charge in [0.1, 0.15) is 17.2 Å². The predicted molar refractivity (Wildman–Crippen MR) is 84.0 cm³/mol. The number of alkyl carbamates (subject to hydrolysis) is 1. The predicted octanol–water partition coefficient (Wildman–Crippen LogP) is 1.92. The fourth-order valence-electron chi connectivity index (χ4n) is 1.46. The summed E-state index contributed by atoms with van der Waals surface area (Å²) >= 11 is 0. The molecule has 8 nitrogen and oxygen atoms in total. The first kappa shape index (κ1) is 21.0. The van der Waals surface area contributed by atoms with Gasteiger partial charge in [-0.15, -0.1) is 0 Å². The molecule has 0 rings (SSSR count). The van der Waals surface area contributed by atoms with Crippen LogP contribution in [0.3, 0.4) is 0 Å². The van der Waals surface area contributed by atoms with Crippen LogP contribution in [0.25, 0.3) is 0 Å². The number of esters is 1. The Balaban J connectivity index is 4.83. The van der Waals surface area contributed by atoms with E-state index in [1.165, 1.54) is 19.1 Å². The normalized spacial score (nSPS) is 12.9. The lowest BCUT2D eigenvalue weighted by atomic mass is 10.2. The van der Waals surface area contributed by atoms with Crippen LogP contribution < -0.4 is 5.32 Å². The zero-order chi connectivity index (χ0) is 18.4. The molecule has 0 aromatic rings. The minimum absolute atomic E-state index is 0.110. The maximum atomic E-state index is 11.9. The van der Waals surface area contributed by atoms with Crippen molar-refractivity contribution >= 4 is 18.2 Å². The second-order valence-corrected chi connectivity index (χ2v) is 7.08. The Morgan fingerprint density at radius 3 is 1.87 bits per heavy atom. The monoisotopic (exact) mass is 332 g/mol. The Labute approximate surface area is 137 Å². The zero-order valence-corrected chi connectivity index (χ0v) is 15.2. The second-order valence-electron chi connectivity index (χ2n) is 7.08. The van der Waals surface area contributed by atoms with Gasteiger partial charge in [-0.2, -0.15) is 0 Å². The van der Waals surface area contributed by atoms with E-state index in [0.717, 1.165) is 0 Å². The molecule has 0 fully saturated rings. The lowest BCUT2D eigenvalue weighted by Crippen LogP contribution is -2.51. The molecule has 0 bridgehead atoms. The number of carbonyl (C=O) groups is 3. The van der Waals surface area contributed by atoms with E-state index >= 15 is 0 Å². The van der Waals surface area contributed by atoms with Crippen molar-refractivity contribution in [2.24, 2.45) is 0 Å². The van der Waals surface area contributed by atoms with Gasteiger partial charge in [0.15, 0.2) is 0 Å². The maximum Gasteiger partial charge on any atom is 0.410 e. The molecule has 134 valence electrons. The molecule has 1 atom stereocenters. The minimum atomic E-state index is -1.06. The van der Waals surface area contributed by atoms with Crippen molar-refractivity contribution in [1.82, 2.24) is 10.2 Å². The SMILES string of the molecule is COC(=O)[C@@H](CN(C)C(=O)OC(C)(C)C)NC(=O)OC(C)(C)C. The Kier molecular flexibility index (Phi) is 7.33. The topological polar surface area (TPSA) is 94.2 Å². The van der Waals surface area contributed by atoms with Crippen molar-refractivity contribution in [3.8, 4) is 0 Å². The first-order valence-corrected chi connectivity index (χ1v) is 7.26. The third-order valence-electron chi connectivity index (χ3n) is 2.34. The summed E-state index contributed by atoms with van der Waals surface area (Å²) in [5.74, 6) is -0.689. The van der Waals surface area contributed by atoms with Crippen LogP contribution in [0.2, 0.25) is 0 Å². The van der Waals surface area contributed by atoms with Crippen molar-refractivity contribution in [1.29, 1.82) is 0 Å². The molecule has 0 aromatic carbocycles. The third kappa shape index (κ3) is 9.59. The second kappa shape index (κ2) is 8.03. The minimum Gasteiger partial charge on any atom is -0.467 e. The summed E-state index contributed by atoms with van der Waals surface area (Å²) < 4.78 is 14.9. The van der Waals surface area contributed by atoms with Crippen LogP contribution in [0.4, 0.5) is 9.59 Å². The summed E-state index contributed by atoms with van der Waals surface area (Å²) in [5.41, 5.74) is -1.37. The van der Waals surface area contributed by atoms with E-state index < -0.39 is 35.4 Å². The van der Waals surface area contributed by atoms with Gasteiger partial charge in [0.05, 0.1) is 13.7 Å². The van der Waals surface area contributed by atoms with E-state index in [9.17, 15) is 14.4 Å². The van der Waals surface area contributed by atoms with Crippen LogP contribution in [0, 0.1) is 0 Å². The molecule has 0 radical (unpaired) electrons. The average molecular weight is 332 g/mol. The van der Waals surface area contributed by atoms with Crippen LogP contribution >= 0.6 is 0 Å². The maximum absolute atomic E-state index is 11.9. The Bertz CT molecular complexity index is 436. The average Bonchev–Trinajstić information content (AvgIpc) is 2.32. The van der Waals surface area contributed by atoms with Gasteiger partial charge in [-0.25, -0.2) is 14.4 Å². The molecule has 0 aliphatic heterocycles. The molecule has 0 saturated carbocycles. The van der Waals surface area contributed by atoms with Gasteiger partial charge in [-0.1, -0.05) is 0 Å². The number of nitrogens with one attached hydrogen (secondary N) is 1. The first-order chi connectivity index (χ1) is 10.2. The van der Waals surface area contributed by atoms with Crippen molar-refractivity contribution in [3.05, 3.63) is 0 Å². The molecule has 2 amide bonds. The fraction of sp³-hybridized carbons (Fsp3) is 0.800. The van der Waals surface area contributed by atoms with Crippen molar-refractivity contribution < 1.29 is 28.6 Å². The Morgan fingerprint density at radius 1 is 1.00 bits per heavy atom. The van der Waals surface area contributed by atoms with E-state index in [0.29, 0.717) is 0 Å². The van der Waals surface area contributed by atoms with Gasteiger partial charge >= 0.3 is 18.2 Å². The fourth-order valence-corrected chi connectivity index (χ4v) is 1.46.